The smallest absolute Gasteiger partial charge is 0.251 e. The number of fused-ring (bicyclic) bond motifs is 1. The number of quaternary nitrogens is 1. The van der Waals surface area contributed by atoms with E-state index < -0.39 is 5.91 Å². The maximum Gasteiger partial charge on any atom is 0.251 e. The molecule has 1 aliphatic rings. The van der Waals surface area contributed by atoms with Crippen molar-refractivity contribution < 1.29 is 14.5 Å². The number of thioether (sulfide) groups is 1. The number of hydrogen-bond donors (Lipinski definition) is 3. The predicted octanol–water partition coefficient (Wildman–Crippen LogP) is 2.30. The second-order valence-electron chi connectivity index (χ2n) is 8.71. The average molecular weight is 500 g/mol. The number of nitrogens with one attached hydrogen (secondary N) is 2. The molecule has 1 aliphatic carbocycles. The van der Waals surface area contributed by atoms with Crippen molar-refractivity contribution in [3.63, 3.8) is 0 Å². The minimum atomic E-state index is -0.480. The topological polar surface area (TPSA) is 107 Å². The molecule has 1 atom stereocenters. The van der Waals surface area contributed by atoms with E-state index in [9.17, 15) is 9.59 Å². The number of carbonyl (C=O) groups excluding carboxylic acids is 2. The van der Waals surface area contributed by atoms with Gasteiger partial charge in [-0.2, -0.15) is 0 Å². The van der Waals surface area contributed by atoms with Gasteiger partial charge in [0, 0.05) is 11.3 Å². The number of aryl methyl sites for hydroxylation is 1. The van der Waals surface area contributed by atoms with Crippen LogP contribution in [0.2, 0.25) is 0 Å². The van der Waals surface area contributed by atoms with Crippen LogP contribution in [0.4, 0.5) is 5.00 Å². The first-order valence-corrected chi connectivity index (χ1v) is 13.3. The molecule has 10 heteroatoms. The molecule has 0 fully saturated rings. The number of aromatic nitrogens is 3. The van der Waals surface area contributed by atoms with Gasteiger partial charge >= 0.3 is 0 Å². The molecule has 4 N–H and O–H groups in total. The lowest BCUT2D eigenvalue weighted by molar-refractivity contribution is -0.893. The summed E-state index contributed by atoms with van der Waals surface area (Å²) in [6.07, 6.45) is 3.73. The van der Waals surface area contributed by atoms with Crippen molar-refractivity contribution in [1.29, 1.82) is 0 Å². The number of nitrogens with two attached hydrogens (primary N) is 1. The van der Waals surface area contributed by atoms with E-state index in [1.54, 1.807) is 0 Å². The van der Waals surface area contributed by atoms with Crippen LogP contribution in [-0.2, 0) is 24.2 Å². The number of carbonyl (C=O) groups is 2. The quantitative estimate of drug-likeness (QED) is 0.371. The summed E-state index contributed by atoms with van der Waals surface area (Å²) in [6.45, 7) is 2.79. The van der Waals surface area contributed by atoms with Crippen LogP contribution >= 0.6 is 23.1 Å². The van der Waals surface area contributed by atoms with Gasteiger partial charge in [0.05, 0.1) is 32.0 Å². The Labute approximate surface area is 207 Å². The van der Waals surface area contributed by atoms with Crippen LogP contribution < -0.4 is 16.0 Å². The van der Waals surface area contributed by atoms with Crippen molar-refractivity contribution in [2.45, 2.75) is 50.4 Å². The van der Waals surface area contributed by atoms with Gasteiger partial charge in [-0.25, -0.2) is 0 Å². The zero-order chi connectivity index (χ0) is 24.2. The molecule has 8 nitrogen and oxygen atoms in total. The molecule has 0 saturated heterocycles. The first kappa shape index (κ1) is 24.4. The highest BCUT2D eigenvalue weighted by atomic mass is 32.2. The van der Waals surface area contributed by atoms with E-state index in [1.165, 1.54) is 28.0 Å². The number of nitrogens with zero attached hydrogens (tertiary/aromatic N) is 3. The summed E-state index contributed by atoms with van der Waals surface area (Å²) >= 11 is 2.82. The predicted molar refractivity (Wildman–Crippen MR) is 136 cm³/mol. The molecule has 0 saturated carbocycles. The van der Waals surface area contributed by atoms with Gasteiger partial charge in [-0.1, -0.05) is 49.0 Å². The van der Waals surface area contributed by atoms with Crippen LogP contribution in [0.5, 0.6) is 0 Å². The Morgan fingerprint density at radius 3 is 2.68 bits per heavy atom. The van der Waals surface area contributed by atoms with E-state index in [2.05, 4.69) is 53.2 Å². The monoisotopic (exact) mass is 499 g/mol. The SMILES string of the molecule is CC[C@H](c1nnc(SCC(=O)Nc2sc3c(c2C(N)=O)CCC3)n1Cc1ccccc1)[NH+](C)C. The third-order valence-electron chi connectivity index (χ3n) is 6.10. The van der Waals surface area contributed by atoms with E-state index in [4.69, 9.17) is 5.73 Å². The molecule has 0 radical (unpaired) electrons. The van der Waals surface area contributed by atoms with Gasteiger partial charge in [-0.15, -0.1) is 21.5 Å². The Bertz CT molecular complexity index is 1170. The summed E-state index contributed by atoms with van der Waals surface area (Å²) in [7, 11) is 4.23. The molecule has 1 aromatic carbocycles. The lowest BCUT2D eigenvalue weighted by Crippen LogP contribution is -3.06. The molecule has 2 heterocycles. The highest BCUT2D eigenvalue weighted by molar-refractivity contribution is 7.99. The van der Waals surface area contributed by atoms with Crippen LogP contribution in [-0.4, -0.2) is 46.4 Å². The fourth-order valence-corrected chi connectivity index (χ4v) is 6.53. The minimum absolute atomic E-state index is 0.166. The van der Waals surface area contributed by atoms with Gasteiger partial charge in [0.1, 0.15) is 11.0 Å². The van der Waals surface area contributed by atoms with E-state index in [1.807, 2.05) is 18.2 Å². The van der Waals surface area contributed by atoms with E-state index >= 15 is 0 Å². The summed E-state index contributed by atoms with van der Waals surface area (Å²) in [5.41, 5.74) is 8.25. The van der Waals surface area contributed by atoms with Crippen LogP contribution in [0, 0.1) is 0 Å². The lowest BCUT2D eigenvalue weighted by Gasteiger charge is -2.20. The molecular weight excluding hydrogens is 468 g/mol. The molecule has 34 heavy (non-hydrogen) atoms. The highest BCUT2D eigenvalue weighted by Crippen LogP contribution is 2.39. The number of primary amides is 1. The lowest BCUT2D eigenvalue weighted by atomic mass is 10.1. The van der Waals surface area contributed by atoms with Crippen molar-refractivity contribution in [1.82, 2.24) is 14.8 Å². The van der Waals surface area contributed by atoms with Gasteiger partial charge in [0.2, 0.25) is 5.91 Å². The van der Waals surface area contributed by atoms with Crippen molar-refractivity contribution in [2.75, 3.05) is 25.2 Å². The molecule has 2 aromatic heterocycles. The summed E-state index contributed by atoms with van der Waals surface area (Å²) in [5, 5.41) is 13.1. The minimum Gasteiger partial charge on any atom is -0.365 e. The maximum atomic E-state index is 12.8. The number of benzene rings is 1. The van der Waals surface area contributed by atoms with E-state index in [0.29, 0.717) is 22.3 Å². The summed E-state index contributed by atoms with van der Waals surface area (Å²) in [4.78, 5) is 27.3. The molecule has 0 unspecified atom stereocenters. The molecule has 2 amide bonds. The second kappa shape index (κ2) is 10.7. The molecule has 4 rings (SSSR count). The number of hydrogen-bond acceptors (Lipinski definition) is 6. The molecule has 3 aromatic rings. The van der Waals surface area contributed by atoms with Gasteiger partial charge in [0.25, 0.3) is 5.91 Å². The number of anilines is 1. The van der Waals surface area contributed by atoms with E-state index in [0.717, 1.165) is 47.5 Å². The van der Waals surface area contributed by atoms with Gasteiger partial charge < -0.3 is 16.0 Å². The first-order valence-electron chi connectivity index (χ1n) is 11.5. The average Bonchev–Trinajstić information content (AvgIpc) is 3.48. The van der Waals surface area contributed by atoms with Crippen molar-refractivity contribution >= 4 is 39.9 Å². The van der Waals surface area contributed by atoms with Crippen LogP contribution in [0.15, 0.2) is 35.5 Å². The van der Waals surface area contributed by atoms with Crippen LogP contribution in [0.3, 0.4) is 0 Å². The number of thiophene rings is 1. The largest absolute Gasteiger partial charge is 0.365 e. The van der Waals surface area contributed by atoms with Crippen LogP contribution in [0.1, 0.15) is 58.0 Å². The fraction of sp³-hybridized carbons (Fsp3) is 0.417. The van der Waals surface area contributed by atoms with Gasteiger partial charge in [0.15, 0.2) is 11.0 Å². The zero-order valence-corrected chi connectivity index (χ0v) is 21.4. The number of rotatable bonds is 10. The zero-order valence-electron chi connectivity index (χ0n) is 19.8. The summed E-state index contributed by atoms with van der Waals surface area (Å²) in [5.74, 6) is 0.416. The molecular formula is C24H31N6O2S2+. The Morgan fingerprint density at radius 1 is 1.24 bits per heavy atom. The van der Waals surface area contributed by atoms with Crippen molar-refractivity contribution in [2.24, 2.45) is 5.73 Å². The van der Waals surface area contributed by atoms with Crippen molar-refractivity contribution in [3.05, 3.63) is 57.7 Å². The fourth-order valence-electron chi connectivity index (χ4n) is 4.47. The van der Waals surface area contributed by atoms with Crippen molar-refractivity contribution in [3.8, 4) is 0 Å². The maximum absolute atomic E-state index is 12.8. The Morgan fingerprint density at radius 2 is 2.00 bits per heavy atom. The normalized spacial score (nSPS) is 13.8. The summed E-state index contributed by atoms with van der Waals surface area (Å²) in [6, 6.07) is 10.4. The Kier molecular flexibility index (Phi) is 7.70. The van der Waals surface area contributed by atoms with E-state index in [-0.39, 0.29) is 17.7 Å². The highest BCUT2D eigenvalue weighted by Gasteiger charge is 2.27. The molecule has 0 aliphatic heterocycles. The third-order valence-corrected chi connectivity index (χ3v) is 8.27. The van der Waals surface area contributed by atoms with Crippen LogP contribution in [0.25, 0.3) is 0 Å². The molecule has 0 spiro atoms. The van der Waals surface area contributed by atoms with Gasteiger partial charge in [-0.05, 0) is 30.4 Å². The third kappa shape index (κ3) is 5.18. The Balaban J connectivity index is 1.52. The van der Waals surface area contributed by atoms with Gasteiger partial charge in [-0.3, -0.25) is 14.2 Å². The molecule has 0 bridgehead atoms. The Hall–Kier alpha value is -2.69. The molecule has 180 valence electrons. The second-order valence-corrected chi connectivity index (χ2v) is 10.8. The standard InChI is InChI=1S/C24H30N6O2S2/c1-4-17(29(2)3)22-27-28-24(30(22)13-15-9-6-5-7-10-15)33-14-19(31)26-23-20(21(25)32)16-11-8-12-18(16)34-23/h5-7,9-10,17H,4,8,11-14H2,1-3H3,(H2,25,32)(H,26,31)/p+1/t17-/m1/s1. The number of amides is 2. The summed E-state index contributed by atoms with van der Waals surface area (Å²) < 4.78 is 2.11. The first-order chi connectivity index (χ1) is 16.4.